The zero-order valence-corrected chi connectivity index (χ0v) is 12.2. The molecule has 0 radical (unpaired) electrons. The Bertz CT molecular complexity index is 325. The van der Waals surface area contributed by atoms with E-state index in [-0.39, 0.29) is 23.4 Å². The zero-order chi connectivity index (χ0) is 14.5. The van der Waals surface area contributed by atoms with E-state index in [2.05, 4.69) is 10.6 Å². The summed E-state index contributed by atoms with van der Waals surface area (Å²) in [4.78, 5) is 25.7. The van der Waals surface area contributed by atoms with E-state index < -0.39 is 0 Å². The Morgan fingerprint density at radius 2 is 2.05 bits per heavy atom. The third kappa shape index (κ3) is 5.46. The summed E-state index contributed by atoms with van der Waals surface area (Å²) in [6.45, 7) is 7.96. The number of piperidine rings is 1. The number of hydrogen-bond acceptors (Lipinski definition) is 3. The van der Waals surface area contributed by atoms with Crippen molar-refractivity contribution in [1.82, 2.24) is 15.5 Å². The molecule has 1 fully saturated rings. The van der Waals surface area contributed by atoms with Gasteiger partial charge in [-0.2, -0.15) is 0 Å². The van der Waals surface area contributed by atoms with Gasteiger partial charge >= 0.3 is 6.03 Å². The molecule has 0 aromatic heterocycles. The van der Waals surface area contributed by atoms with Gasteiger partial charge in [0.25, 0.3) is 0 Å². The predicted octanol–water partition coefficient (Wildman–Crippen LogP) is 0.281. The molecule has 4 N–H and O–H groups in total. The third-order valence-electron chi connectivity index (χ3n) is 3.00. The fourth-order valence-corrected chi connectivity index (χ4v) is 2.12. The molecule has 6 nitrogen and oxygen atoms in total. The summed E-state index contributed by atoms with van der Waals surface area (Å²) in [5.41, 5.74) is 5.10. The summed E-state index contributed by atoms with van der Waals surface area (Å²) in [6.07, 6.45) is 1.69. The monoisotopic (exact) mass is 270 g/mol. The second kappa shape index (κ2) is 6.75. The highest BCUT2D eigenvalue weighted by molar-refractivity contribution is 5.81. The maximum atomic E-state index is 12.1. The molecule has 1 aliphatic rings. The minimum Gasteiger partial charge on any atom is -0.355 e. The van der Waals surface area contributed by atoms with E-state index in [1.54, 1.807) is 4.90 Å². The minimum atomic E-state index is -0.258. The van der Waals surface area contributed by atoms with Crippen LogP contribution in [0.5, 0.6) is 0 Å². The summed E-state index contributed by atoms with van der Waals surface area (Å²) in [7, 11) is 0. The average molecular weight is 270 g/mol. The molecule has 0 aromatic carbocycles. The van der Waals surface area contributed by atoms with Crippen LogP contribution in [0.2, 0.25) is 0 Å². The van der Waals surface area contributed by atoms with Crippen molar-refractivity contribution in [2.24, 2.45) is 11.7 Å². The van der Waals surface area contributed by atoms with Crippen molar-refractivity contribution in [2.75, 3.05) is 26.2 Å². The van der Waals surface area contributed by atoms with Crippen LogP contribution in [0.3, 0.4) is 0 Å². The lowest BCUT2D eigenvalue weighted by atomic mass is 9.97. The molecule has 0 spiro atoms. The minimum absolute atomic E-state index is 0.00120. The largest absolute Gasteiger partial charge is 0.355 e. The normalized spacial score (nSPS) is 20.0. The number of nitrogens with zero attached hydrogens (tertiary/aromatic N) is 1. The number of hydrogen-bond donors (Lipinski definition) is 3. The van der Waals surface area contributed by atoms with Crippen molar-refractivity contribution >= 4 is 11.9 Å². The molecule has 1 unspecified atom stereocenters. The molecule has 1 saturated heterocycles. The van der Waals surface area contributed by atoms with Crippen LogP contribution in [0.15, 0.2) is 0 Å². The molecule has 1 aliphatic heterocycles. The van der Waals surface area contributed by atoms with Crippen LogP contribution in [0, 0.1) is 5.92 Å². The lowest BCUT2D eigenvalue weighted by molar-refractivity contribution is -0.126. The van der Waals surface area contributed by atoms with E-state index in [4.69, 9.17) is 5.73 Å². The Balaban J connectivity index is 2.50. The van der Waals surface area contributed by atoms with Crippen LogP contribution in [-0.2, 0) is 4.79 Å². The number of carbonyl (C=O) groups is 2. The van der Waals surface area contributed by atoms with Crippen LogP contribution in [0.1, 0.15) is 33.6 Å². The summed E-state index contributed by atoms with van der Waals surface area (Å²) < 4.78 is 0. The smallest absolute Gasteiger partial charge is 0.317 e. The number of carbonyl (C=O) groups excluding carboxylic acids is 2. The SMILES string of the molecule is CC(C)(C)NC(=O)N1CCCC(C(=O)NCCN)C1. The standard InChI is InChI=1S/C13H26N4O2/c1-13(2,3)16-12(19)17-8-4-5-10(9-17)11(18)15-7-6-14/h10H,4-9,14H2,1-3H3,(H,15,18)(H,16,19). The fourth-order valence-electron chi connectivity index (χ4n) is 2.12. The van der Waals surface area contributed by atoms with Crippen LogP contribution >= 0.6 is 0 Å². The van der Waals surface area contributed by atoms with Gasteiger partial charge in [-0.1, -0.05) is 0 Å². The van der Waals surface area contributed by atoms with Crippen molar-refractivity contribution in [3.63, 3.8) is 0 Å². The van der Waals surface area contributed by atoms with Gasteiger partial charge < -0.3 is 21.3 Å². The van der Waals surface area contributed by atoms with Gasteiger partial charge in [0.2, 0.25) is 5.91 Å². The maximum absolute atomic E-state index is 12.1. The van der Waals surface area contributed by atoms with Crippen LogP contribution < -0.4 is 16.4 Å². The predicted molar refractivity (Wildman–Crippen MR) is 74.6 cm³/mol. The van der Waals surface area contributed by atoms with Crippen molar-refractivity contribution in [1.29, 1.82) is 0 Å². The number of nitrogens with one attached hydrogen (secondary N) is 2. The Morgan fingerprint density at radius 1 is 1.37 bits per heavy atom. The maximum Gasteiger partial charge on any atom is 0.317 e. The Labute approximate surface area is 115 Å². The molecule has 0 aliphatic carbocycles. The summed E-state index contributed by atoms with van der Waals surface area (Å²) in [6, 6.07) is -0.0937. The first kappa shape index (κ1) is 15.8. The molecule has 1 rings (SSSR count). The quantitative estimate of drug-likeness (QED) is 0.688. The summed E-state index contributed by atoms with van der Waals surface area (Å²) in [5.74, 6) is -0.121. The molecular weight excluding hydrogens is 244 g/mol. The summed E-state index contributed by atoms with van der Waals surface area (Å²) in [5, 5.41) is 5.71. The van der Waals surface area contributed by atoms with E-state index >= 15 is 0 Å². The molecule has 110 valence electrons. The van der Waals surface area contributed by atoms with Crippen LogP contribution in [0.25, 0.3) is 0 Å². The lowest BCUT2D eigenvalue weighted by Crippen LogP contribution is -2.53. The van der Waals surface area contributed by atoms with Gasteiger partial charge in [-0.3, -0.25) is 4.79 Å². The molecule has 3 amide bonds. The average Bonchev–Trinajstić information content (AvgIpc) is 2.34. The molecule has 0 bridgehead atoms. The second-order valence-corrected chi connectivity index (χ2v) is 6.05. The summed E-state index contributed by atoms with van der Waals surface area (Å²) >= 11 is 0. The van der Waals surface area contributed by atoms with Crippen LogP contribution in [-0.4, -0.2) is 48.6 Å². The van der Waals surface area contributed by atoms with E-state index in [9.17, 15) is 9.59 Å². The van der Waals surface area contributed by atoms with Crippen LogP contribution in [0.4, 0.5) is 4.79 Å². The highest BCUT2D eigenvalue weighted by Gasteiger charge is 2.29. The number of likely N-dealkylation sites (tertiary alicyclic amines) is 1. The van der Waals surface area contributed by atoms with Gasteiger partial charge in [0, 0.05) is 31.7 Å². The third-order valence-corrected chi connectivity index (χ3v) is 3.00. The molecule has 0 saturated carbocycles. The van der Waals surface area contributed by atoms with E-state index in [1.165, 1.54) is 0 Å². The first-order chi connectivity index (χ1) is 8.83. The van der Waals surface area contributed by atoms with E-state index in [0.29, 0.717) is 26.2 Å². The molecule has 0 aromatic rings. The lowest BCUT2D eigenvalue weighted by Gasteiger charge is -2.34. The van der Waals surface area contributed by atoms with Crippen molar-refractivity contribution in [3.05, 3.63) is 0 Å². The highest BCUT2D eigenvalue weighted by atomic mass is 16.2. The molecular formula is C13H26N4O2. The van der Waals surface area contributed by atoms with Gasteiger partial charge in [0.1, 0.15) is 0 Å². The highest BCUT2D eigenvalue weighted by Crippen LogP contribution is 2.17. The van der Waals surface area contributed by atoms with Gasteiger partial charge in [0.05, 0.1) is 5.92 Å². The van der Waals surface area contributed by atoms with Crippen molar-refractivity contribution in [2.45, 2.75) is 39.2 Å². The first-order valence-electron chi connectivity index (χ1n) is 6.88. The number of amides is 3. The topological polar surface area (TPSA) is 87.5 Å². The Hall–Kier alpha value is -1.30. The van der Waals surface area contributed by atoms with Crippen molar-refractivity contribution in [3.8, 4) is 0 Å². The molecule has 19 heavy (non-hydrogen) atoms. The number of rotatable bonds is 3. The molecule has 1 atom stereocenters. The number of nitrogens with two attached hydrogens (primary N) is 1. The zero-order valence-electron chi connectivity index (χ0n) is 12.2. The fraction of sp³-hybridized carbons (Fsp3) is 0.846. The van der Waals surface area contributed by atoms with Gasteiger partial charge in [-0.15, -0.1) is 0 Å². The van der Waals surface area contributed by atoms with Gasteiger partial charge in [-0.05, 0) is 33.6 Å². The first-order valence-corrected chi connectivity index (χ1v) is 6.88. The molecule has 1 heterocycles. The van der Waals surface area contributed by atoms with Crippen molar-refractivity contribution < 1.29 is 9.59 Å². The van der Waals surface area contributed by atoms with Gasteiger partial charge in [0.15, 0.2) is 0 Å². The second-order valence-electron chi connectivity index (χ2n) is 6.05. The molecule has 6 heteroatoms. The van der Waals surface area contributed by atoms with E-state index in [1.807, 2.05) is 20.8 Å². The van der Waals surface area contributed by atoms with Gasteiger partial charge in [-0.25, -0.2) is 4.79 Å². The Morgan fingerprint density at radius 3 is 2.63 bits per heavy atom. The number of urea groups is 1. The van der Waals surface area contributed by atoms with E-state index in [0.717, 1.165) is 12.8 Å². The Kier molecular flexibility index (Phi) is 5.60.